The molecule has 3 rings (SSSR count). The molecule has 3 aliphatic rings. The molecule has 0 saturated heterocycles. The van der Waals surface area contributed by atoms with Gasteiger partial charge in [-0.2, -0.15) is 0 Å². The van der Waals surface area contributed by atoms with E-state index in [0.717, 1.165) is 18.3 Å². The molecule has 0 aromatic rings. The van der Waals surface area contributed by atoms with Crippen molar-refractivity contribution in [3.63, 3.8) is 0 Å². The number of aliphatic hydroxyl groups excluding tert-OH is 2. The van der Waals surface area contributed by atoms with E-state index in [9.17, 15) is 10.2 Å². The molecule has 2 N–H and O–H groups in total. The smallest absolute Gasteiger partial charge is 0.0832 e. The van der Waals surface area contributed by atoms with E-state index >= 15 is 0 Å². The summed E-state index contributed by atoms with van der Waals surface area (Å²) in [5, 5.41) is 19.4. The van der Waals surface area contributed by atoms with Gasteiger partial charge in [0.25, 0.3) is 0 Å². The summed E-state index contributed by atoms with van der Waals surface area (Å²) in [6.07, 6.45) is 4.23. The van der Waals surface area contributed by atoms with Crippen molar-refractivity contribution in [3.05, 3.63) is 0 Å². The second-order valence-corrected chi connectivity index (χ2v) is 4.80. The van der Waals surface area contributed by atoms with Crippen LogP contribution in [0.1, 0.15) is 25.7 Å². The van der Waals surface area contributed by atoms with Crippen LogP contribution in [0.5, 0.6) is 0 Å². The van der Waals surface area contributed by atoms with E-state index < -0.39 is 12.2 Å². The van der Waals surface area contributed by atoms with Gasteiger partial charge in [-0.1, -0.05) is 6.42 Å². The van der Waals surface area contributed by atoms with Crippen molar-refractivity contribution in [2.45, 2.75) is 37.9 Å². The zero-order valence-corrected chi connectivity index (χ0v) is 7.19. The lowest BCUT2D eigenvalue weighted by Gasteiger charge is -2.32. The van der Waals surface area contributed by atoms with Gasteiger partial charge in [-0.05, 0) is 42.9 Å². The van der Waals surface area contributed by atoms with E-state index in [1.807, 2.05) is 0 Å². The van der Waals surface area contributed by atoms with Crippen molar-refractivity contribution in [2.24, 2.45) is 23.7 Å². The van der Waals surface area contributed by atoms with Crippen LogP contribution < -0.4 is 0 Å². The monoisotopic (exact) mass is 168 g/mol. The van der Waals surface area contributed by atoms with Gasteiger partial charge in [-0.3, -0.25) is 0 Å². The maximum Gasteiger partial charge on any atom is 0.0832 e. The van der Waals surface area contributed by atoms with Gasteiger partial charge in [0.2, 0.25) is 0 Å². The number of hydrogen-bond acceptors (Lipinski definition) is 2. The Kier molecular flexibility index (Phi) is 1.37. The van der Waals surface area contributed by atoms with E-state index in [1.165, 1.54) is 19.3 Å². The van der Waals surface area contributed by atoms with Gasteiger partial charge < -0.3 is 10.2 Å². The molecule has 0 heterocycles. The molecule has 3 fully saturated rings. The Morgan fingerprint density at radius 2 is 1.25 bits per heavy atom. The average Bonchev–Trinajstić information content (AvgIpc) is 2.63. The first-order valence-corrected chi connectivity index (χ1v) is 5.15. The molecule has 2 bridgehead atoms. The van der Waals surface area contributed by atoms with Crippen molar-refractivity contribution in [1.29, 1.82) is 0 Å². The average molecular weight is 168 g/mol. The van der Waals surface area contributed by atoms with Gasteiger partial charge in [0, 0.05) is 0 Å². The molecule has 3 saturated carbocycles. The molecule has 0 aromatic carbocycles. The molecule has 0 radical (unpaired) electrons. The van der Waals surface area contributed by atoms with Gasteiger partial charge in [0.15, 0.2) is 0 Å². The van der Waals surface area contributed by atoms with E-state index in [4.69, 9.17) is 0 Å². The molecule has 6 unspecified atom stereocenters. The number of rotatable bonds is 0. The van der Waals surface area contributed by atoms with Crippen LogP contribution in [0.15, 0.2) is 0 Å². The van der Waals surface area contributed by atoms with Crippen LogP contribution in [0.2, 0.25) is 0 Å². The molecule has 0 amide bonds. The number of hydrogen-bond donors (Lipinski definition) is 2. The summed E-state index contributed by atoms with van der Waals surface area (Å²) in [6, 6.07) is 0. The highest BCUT2D eigenvalue weighted by Crippen LogP contribution is 2.58. The predicted octanol–water partition coefficient (Wildman–Crippen LogP) is 0.774. The molecule has 0 aromatic heterocycles. The second kappa shape index (κ2) is 2.24. The summed E-state index contributed by atoms with van der Waals surface area (Å²) in [4.78, 5) is 0. The van der Waals surface area contributed by atoms with Crippen molar-refractivity contribution in [1.82, 2.24) is 0 Å². The van der Waals surface area contributed by atoms with Crippen molar-refractivity contribution < 1.29 is 10.2 Å². The lowest BCUT2D eigenvalue weighted by Crippen LogP contribution is -2.39. The Morgan fingerprint density at radius 3 is 1.75 bits per heavy atom. The molecule has 0 aliphatic heterocycles. The third-order valence-electron chi connectivity index (χ3n) is 4.50. The van der Waals surface area contributed by atoms with Crippen molar-refractivity contribution in [3.8, 4) is 0 Å². The molecule has 12 heavy (non-hydrogen) atoms. The molecular weight excluding hydrogens is 152 g/mol. The minimum atomic E-state index is -0.394. The Bertz CT molecular complexity index is 184. The SMILES string of the molecule is OC1C(O)C2CC1C1CCCC21. The topological polar surface area (TPSA) is 40.5 Å². The quantitative estimate of drug-likeness (QED) is 0.561. The molecule has 68 valence electrons. The van der Waals surface area contributed by atoms with Crippen LogP contribution in [0, 0.1) is 23.7 Å². The van der Waals surface area contributed by atoms with Crippen LogP contribution >= 0.6 is 0 Å². The predicted molar refractivity (Wildman–Crippen MR) is 44.4 cm³/mol. The zero-order valence-electron chi connectivity index (χ0n) is 7.19. The molecule has 2 nitrogen and oxygen atoms in total. The van der Waals surface area contributed by atoms with E-state index in [1.54, 1.807) is 0 Å². The molecular formula is C10H16O2. The fraction of sp³-hybridized carbons (Fsp3) is 1.00. The summed E-state index contributed by atoms with van der Waals surface area (Å²) in [7, 11) is 0. The fourth-order valence-corrected chi connectivity index (χ4v) is 4.04. The molecule has 3 aliphatic carbocycles. The van der Waals surface area contributed by atoms with Crippen molar-refractivity contribution >= 4 is 0 Å². The highest BCUT2D eigenvalue weighted by Gasteiger charge is 2.58. The van der Waals surface area contributed by atoms with Crippen LogP contribution in [-0.2, 0) is 0 Å². The second-order valence-electron chi connectivity index (χ2n) is 4.80. The van der Waals surface area contributed by atoms with Gasteiger partial charge in [0.1, 0.15) is 0 Å². The molecule has 6 atom stereocenters. The van der Waals surface area contributed by atoms with E-state index in [-0.39, 0.29) is 0 Å². The van der Waals surface area contributed by atoms with Gasteiger partial charge >= 0.3 is 0 Å². The molecule has 2 heteroatoms. The highest BCUT2D eigenvalue weighted by molar-refractivity contribution is 5.07. The Labute approximate surface area is 72.6 Å². The van der Waals surface area contributed by atoms with Crippen LogP contribution in [0.25, 0.3) is 0 Å². The summed E-state index contributed by atoms with van der Waals surface area (Å²) >= 11 is 0. The first kappa shape index (κ1) is 7.34. The summed E-state index contributed by atoms with van der Waals surface area (Å²) in [5.41, 5.74) is 0. The Hall–Kier alpha value is -0.0800. The van der Waals surface area contributed by atoms with E-state index in [0.29, 0.717) is 11.8 Å². The summed E-state index contributed by atoms with van der Waals surface area (Å²) < 4.78 is 0. The van der Waals surface area contributed by atoms with Crippen LogP contribution in [-0.4, -0.2) is 22.4 Å². The minimum absolute atomic E-state index is 0.394. The lowest BCUT2D eigenvalue weighted by molar-refractivity contribution is -0.0497. The Morgan fingerprint density at radius 1 is 0.750 bits per heavy atom. The van der Waals surface area contributed by atoms with Crippen molar-refractivity contribution in [2.75, 3.05) is 0 Å². The van der Waals surface area contributed by atoms with Gasteiger partial charge in [-0.25, -0.2) is 0 Å². The first-order valence-electron chi connectivity index (χ1n) is 5.15. The summed E-state index contributed by atoms with van der Waals surface area (Å²) in [6.45, 7) is 0. The number of aliphatic hydroxyl groups is 2. The standard InChI is InChI=1S/C10H16O2/c11-9-7-4-8(10(9)12)6-3-1-2-5(6)7/h5-12H,1-4H2. The van der Waals surface area contributed by atoms with Gasteiger partial charge in [0.05, 0.1) is 12.2 Å². The highest BCUT2D eigenvalue weighted by atomic mass is 16.3. The Balaban J connectivity index is 1.92. The van der Waals surface area contributed by atoms with E-state index in [2.05, 4.69) is 0 Å². The maximum atomic E-state index is 9.68. The number of fused-ring (bicyclic) bond motifs is 5. The lowest BCUT2D eigenvalue weighted by atomic mass is 9.79. The normalized spacial score (nSPS) is 62.5. The maximum absolute atomic E-state index is 9.68. The third-order valence-corrected chi connectivity index (χ3v) is 4.50. The summed E-state index contributed by atoms with van der Waals surface area (Å²) in [5.74, 6) is 2.40. The zero-order chi connectivity index (χ0) is 8.29. The van der Waals surface area contributed by atoms with Gasteiger partial charge in [-0.15, -0.1) is 0 Å². The fourth-order valence-electron chi connectivity index (χ4n) is 4.04. The molecule has 0 spiro atoms. The van der Waals surface area contributed by atoms with Crippen LogP contribution in [0.3, 0.4) is 0 Å². The third kappa shape index (κ3) is 0.686. The van der Waals surface area contributed by atoms with Crippen LogP contribution in [0.4, 0.5) is 0 Å². The largest absolute Gasteiger partial charge is 0.390 e. The minimum Gasteiger partial charge on any atom is -0.390 e. The first-order chi connectivity index (χ1) is 5.79.